The van der Waals surface area contributed by atoms with E-state index >= 15 is 0 Å². The van der Waals surface area contributed by atoms with E-state index in [1.165, 1.54) is 26.4 Å². The molecule has 0 aliphatic rings. The average Bonchev–Trinajstić information content (AvgIpc) is 2.67. The number of benzene rings is 1. The second kappa shape index (κ2) is 7.48. The summed E-state index contributed by atoms with van der Waals surface area (Å²) in [4.78, 5) is 12.6. The number of aromatic nitrogens is 3. The second-order valence-electron chi connectivity index (χ2n) is 5.24. The minimum absolute atomic E-state index is 0.0505. The van der Waals surface area contributed by atoms with Crippen LogP contribution in [-0.2, 0) is 6.18 Å². The second-order valence-corrected chi connectivity index (χ2v) is 5.24. The van der Waals surface area contributed by atoms with Crippen molar-refractivity contribution in [3.8, 4) is 34.8 Å². The zero-order chi connectivity index (χ0) is 19.4. The van der Waals surface area contributed by atoms with Crippen molar-refractivity contribution < 1.29 is 27.4 Å². The first-order chi connectivity index (χ1) is 12.9. The maximum absolute atomic E-state index is 12.9. The van der Waals surface area contributed by atoms with Crippen LogP contribution in [0.1, 0.15) is 5.56 Å². The molecule has 2 heterocycles. The number of halogens is 3. The van der Waals surface area contributed by atoms with Gasteiger partial charge in [-0.25, -0.2) is 0 Å². The van der Waals surface area contributed by atoms with Crippen LogP contribution in [0, 0.1) is 0 Å². The Kier molecular flexibility index (Phi) is 5.11. The monoisotopic (exact) mass is 377 g/mol. The number of hydrogen-bond acceptors (Lipinski definition) is 6. The highest BCUT2D eigenvalue weighted by Gasteiger charge is 2.31. The number of rotatable bonds is 5. The number of pyridine rings is 1. The molecule has 0 unspecified atom stereocenters. The molecule has 0 N–H and O–H groups in total. The van der Waals surface area contributed by atoms with E-state index in [0.29, 0.717) is 5.69 Å². The number of methoxy groups -OCH3 is 2. The highest BCUT2D eigenvalue weighted by Crippen LogP contribution is 2.39. The van der Waals surface area contributed by atoms with Gasteiger partial charge in [-0.1, -0.05) is 12.1 Å². The molecule has 0 atom stereocenters. The Balaban J connectivity index is 2.06. The van der Waals surface area contributed by atoms with Gasteiger partial charge in [0.25, 0.3) is 11.8 Å². The first-order valence-electron chi connectivity index (χ1n) is 7.69. The lowest BCUT2D eigenvalue weighted by Crippen LogP contribution is -2.05. The smallest absolute Gasteiger partial charge is 0.416 e. The molecule has 140 valence electrons. The Morgan fingerprint density at radius 3 is 2.30 bits per heavy atom. The van der Waals surface area contributed by atoms with E-state index in [1.54, 1.807) is 24.4 Å². The summed E-state index contributed by atoms with van der Waals surface area (Å²) in [5.41, 5.74) is -0.405. The summed E-state index contributed by atoms with van der Waals surface area (Å²) in [5, 5.41) is 0. The van der Waals surface area contributed by atoms with Gasteiger partial charge in [-0.2, -0.15) is 23.1 Å². The molecule has 27 heavy (non-hydrogen) atoms. The third-order valence-electron chi connectivity index (χ3n) is 3.47. The minimum Gasteiger partial charge on any atom is -0.487 e. The van der Waals surface area contributed by atoms with Gasteiger partial charge in [0.05, 0.1) is 19.8 Å². The normalized spacial score (nSPS) is 11.1. The highest BCUT2D eigenvalue weighted by molar-refractivity contribution is 5.55. The quantitative estimate of drug-likeness (QED) is 0.658. The van der Waals surface area contributed by atoms with Crippen LogP contribution in [0.5, 0.6) is 23.3 Å². The molecule has 0 aliphatic heterocycles. The van der Waals surface area contributed by atoms with Crippen LogP contribution in [0.2, 0.25) is 0 Å². The predicted octanol–water partition coefficient (Wildman–Crippen LogP) is 4.37. The molecular weight excluding hydrogens is 363 g/mol. The van der Waals surface area contributed by atoms with Crippen LogP contribution in [0.15, 0.2) is 48.7 Å². The van der Waals surface area contributed by atoms with Gasteiger partial charge in [0.2, 0.25) is 5.75 Å². The number of alkyl halides is 3. The summed E-state index contributed by atoms with van der Waals surface area (Å²) in [6.07, 6.45) is -2.94. The zero-order valence-corrected chi connectivity index (χ0v) is 14.3. The van der Waals surface area contributed by atoms with E-state index in [2.05, 4.69) is 15.0 Å². The molecule has 3 aromatic rings. The van der Waals surface area contributed by atoms with E-state index in [-0.39, 0.29) is 29.1 Å². The van der Waals surface area contributed by atoms with Crippen molar-refractivity contribution in [2.75, 3.05) is 14.2 Å². The largest absolute Gasteiger partial charge is 0.487 e. The van der Waals surface area contributed by atoms with Gasteiger partial charge >= 0.3 is 6.18 Å². The van der Waals surface area contributed by atoms with Gasteiger partial charge in [0, 0.05) is 6.20 Å². The first kappa shape index (κ1) is 18.4. The van der Waals surface area contributed by atoms with Crippen LogP contribution in [0.4, 0.5) is 13.2 Å². The van der Waals surface area contributed by atoms with Crippen molar-refractivity contribution in [1.29, 1.82) is 0 Å². The lowest BCUT2D eigenvalue weighted by Gasteiger charge is -2.14. The summed E-state index contributed by atoms with van der Waals surface area (Å²) in [6, 6.07) is 9.58. The van der Waals surface area contributed by atoms with Gasteiger partial charge in [-0.15, -0.1) is 0 Å². The highest BCUT2D eigenvalue weighted by atomic mass is 19.4. The van der Waals surface area contributed by atoms with Gasteiger partial charge < -0.3 is 14.2 Å². The van der Waals surface area contributed by atoms with Gasteiger partial charge in [0.15, 0.2) is 5.82 Å². The molecule has 3 rings (SSSR count). The third-order valence-corrected chi connectivity index (χ3v) is 3.47. The summed E-state index contributed by atoms with van der Waals surface area (Å²) >= 11 is 0. The Hall–Kier alpha value is -3.36. The first-order valence-corrected chi connectivity index (χ1v) is 7.69. The van der Waals surface area contributed by atoms with Crippen LogP contribution in [0.25, 0.3) is 11.5 Å². The van der Waals surface area contributed by atoms with E-state index in [4.69, 9.17) is 14.2 Å². The molecule has 2 aromatic heterocycles. The fraction of sp³-hybridized carbons (Fsp3) is 0.167. The van der Waals surface area contributed by atoms with E-state index < -0.39 is 11.7 Å². The molecule has 0 bridgehead atoms. The van der Waals surface area contributed by atoms with Gasteiger partial charge in [0.1, 0.15) is 11.4 Å². The molecule has 0 saturated heterocycles. The Morgan fingerprint density at radius 2 is 1.67 bits per heavy atom. The summed E-state index contributed by atoms with van der Waals surface area (Å²) in [5.74, 6) is 0.139. The van der Waals surface area contributed by atoms with Gasteiger partial charge in [-0.3, -0.25) is 4.98 Å². The Labute approximate surface area is 152 Å². The molecule has 6 nitrogen and oxygen atoms in total. The topological polar surface area (TPSA) is 66.4 Å². The van der Waals surface area contributed by atoms with Crippen molar-refractivity contribution in [1.82, 2.24) is 15.0 Å². The molecule has 0 amide bonds. The molecule has 0 radical (unpaired) electrons. The van der Waals surface area contributed by atoms with Crippen LogP contribution >= 0.6 is 0 Å². The minimum atomic E-state index is -4.49. The summed E-state index contributed by atoms with van der Waals surface area (Å²) in [6.45, 7) is 0. The standard InChI is InChI=1S/C18H14F3N3O3/c1-25-14-16(26-2)23-15(13-8-3-4-9-22-13)24-17(14)27-12-7-5-6-11(10-12)18(19,20)21/h3-10H,1-2H3. The molecule has 0 spiro atoms. The summed E-state index contributed by atoms with van der Waals surface area (Å²) in [7, 11) is 2.72. The number of ether oxygens (including phenoxy) is 3. The van der Waals surface area contributed by atoms with E-state index in [9.17, 15) is 13.2 Å². The SMILES string of the molecule is COc1nc(-c2ccccn2)nc(Oc2cccc(C(F)(F)F)c2)c1OC. The van der Waals surface area contributed by atoms with Crippen molar-refractivity contribution >= 4 is 0 Å². The lowest BCUT2D eigenvalue weighted by molar-refractivity contribution is -0.137. The average molecular weight is 377 g/mol. The maximum Gasteiger partial charge on any atom is 0.416 e. The predicted molar refractivity (Wildman–Crippen MR) is 89.9 cm³/mol. The lowest BCUT2D eigenvalue weighted by atomic mass is 10.2. The fourth-order valence-electron chi connectivity index (χ4n) is 2.25. The fourth-order valence-corrected chi connectivity index (χ4v) is 2.25. The maximum atomic E-state index is 12.9. The molecule has 1 aromatic carbocycles. The van der Waals surface area contributed by atoms with E-state index in [0.717, 1.165) is 12.1 Å². The molecule has 0 fully saturated rings. The number of hydrogen-bond donors (Lipinski definition) is 0. The van der Waals surface area contributed by atoms with Crippen LogP contribution < -0.4 is 14.2 Å². The zero-order valence-electron chi connectivity index (χ0n) is 14.3. The molecular formula is C18H14F3N3O3. The molecule has 0 aliphatic carbocycles. The Morgan fingerprint density at radius 1 is 0.889 bits per heavy atom. The Bertz CT molecular complexity index is 934. The van der Waals surface area contributed by atoms with Gasteiger partial charge in [-0.05, 0) is 30.3 Å². The van der Waals surface area contributed by atoms with Crippen molar-refractivity contribution in [3.63, 3.8) is 0 Å². The third kappa shape index (κ3) is 4.08. The number of nitrogens with zero attached hydrogens (tertiary/aromatic N) is 3. The van der Waals surface area contributed by atoms with Crippen molar-refractivity contribution in [2.45, 2.75) is 6.18 Å². The van der Waals surface area contributed by atoms with Crippen molar-refractivity contribution in [2.24, 2.45) is 0 Å². The summed E-state index contributed by atoms with van der Waals surface area (Å²) < 4.78 is 54.7. The van der Waals surface area contributed by atoms with Crippen LogP contribution in [-0.4, -0.2) is 29.2 Å². The molecule has 9 heteroatoms. The van der Waals surface area contributed by atoms with Crippen molar-refractivity contribution in [3.05, 3.63) is 54.2 Å². The van der Waals surface area contributed by atoms with Crippen LogP contribution in [0.3, 0.4) is 0 Å². The molecule has 0 saturated carbocycles. The van der Waals surface area contributed by atoms with E-state index in [1.807, 2.05) is 0 Å².